The van der Waals surface area contributed by atoms with Gasteiger partial charge in [0.1, 0.15) is 12.4 Å². The first-order chi connectivity index (χ1) is 11.6. The maximum atomic E-state index is 11.6. The molecule has 0 saturated carbocycles. The van der Waals surface area contributed by atoms with E-state index in [9.17, 15) is 9.59 Å². The predicted octanol–water partition coefficient (Wildman–Crippen LogP) is 1.43. The molecule has 2 heterocycles. The topological polar surface area (TPSA) is 93.4 Å². The molecule has 0 fully saturated rings. The molecule has 7 heteroatoms. The second-order valence-electron chi connectivity index (χ2n) is 5.67. The molecule has 0 spiro atoms. The standard InChI is InChI=1S/C17H19N3O4/c21-16(6-7-17(22)23)19-8-13-10-20-14(9-18-15(20)11-24-13)12-4-2-1-3-5-12/h1-5,9,13H,6-8,10-11H2,(H,19,21)(H,22,23)/t13-/m0/s1. The predicted molar refractivity (Wildman–Crippen MR) is 86.1 cm³/mol. The number of aromatic nitrogens is 2. The molecule has 0 bridgehead atoms. The van der Waals surface area contributed by atoms with Crippen LogP contribution >= 0.6 is 0 Å². The van der Waals surface area contributed by atoms with Crippen LogP contribution in [0.25, 0.3) is 11.3 Å². The van der Waals surface area contributed by atoms with Gasteiger partial charge in [0.2, 0.25) is 5.91 Å². The van der Waals surface area contributed by atoms with Crippen molar-refractivity contribution in [2.45, 2.75) is 32.1 Å². The fourth-order valence-electron chi connectivity index (χ4n) is 2.68. The summed E-state index contributed by atoms with van der Waals surface area (Å²) in [6, 6.07) is 9.99. The van der Waals surface area contributed by atoms with Crippen molar-refractivity contribution in [3.63, 3.8) is 0 Å². The lowest BCUT2D eigenvalue weighted by Crippen LogP contribution is -2.39. The van der Waals surface area contributed by atoms with Crippen molar-refractivity contribution in [1.29, 1.82) is 0 Å². The van der Waals surface area contributed by atoms with Crippen LogP contribution in [0.4, 0.5) is 0 Å². The molecular formula is C17H19N3O4. The highest BCUT2D eigenvalue weighted by Crippen LogP contribution is 2.24. The number of benzene rings is 1. The van der Waals surface area contributed by atoms with Gasteiger partial charge < -0.3 is 19.7 Å². The van der Waals surface area contributed by atoms with Gasteiger partial charge in [-0.25, -0.2) is 4.98 Å². The van der Waals surface area contributed by atoms with E-state index >= 15 is 0 Å². The number of rotatable bonds is 6. The Labute approximate surface area is 139 Å². The molecule has 7 nitrogen and oxygen atoms in total. The van der Waals surface area contributed by atoms with E-state index < -0.39 is 5.97 Å². The summed E-state index contributed by atoms with van der Waals surface area (Å²) in [5.74, 6) is -0.391. The lowest BCUT2D eigenvalue weighted by molar-refractivity contribution is -0.138. The molecule has 1 aliphatic heterocycles. The third kappa shape index (κ3) is 3.80. The first kappa shape index (κ1) is 16.2. The minimum absolute atomic E-state index is 0.0202. The van der Waals surface area contributed by atoms with E-state index in [0.29, 0.717) is 19.7 Å². The van der Waals surface area contributed by atoms with Crippen molar-refractivity contribution in [3.05, 3.63) is 42.4 Å². The first-order valence-corrected chi connectivity index (χ1v) is 7.83. The average Bonchev–Trinajstić information content (AvgIpc) is 3.02. The van der Waals surface area contributed by atoms with Crippen LogP contribution in [0.3, 0.4) is 0 Å². The van der Waals surface area contributed by atoms with Crippen molar-refractivity contribution >= 4 is 11.9 Å². The van der Waals surface area contributed by atoms with Gasteiger partial charge in [-0.2, -0.15) is 0 Å². The second kappa shape index (κ2) is 7.27. The number of carboxylic acids is 1. The third-order valence-electron chi connectivity index (χ3n) is 3.93. The maximum Gasteiger partial charge on any atom is 0.303 e. The summed E-state index contributed by atoms with van der Waals surface area (Å²) >= 11 is 0. The third-order valence-corrected chi connectivity index (χ3v) is 3.93. The highest BCUT2D eigenvalue weighted by molar-refractivity contribution is 5.80. The highest BCUT2D eigenvalue weighted by atomic mass is 16.5. The summed E-state index contributed by atoms with van der Waals surface area (Å²) in [6.07, 6.45) is 1.49. The second-order valence-corrected chi connectivity index (χ2v) is 5.67. The van der Waals surface area contributed by atoms with Gasteiger partial charge in [0, 0.05) is 13.0 Å². The van der Waals surface area contributed by atoms with Gasteiger partial charge in [-0.3, -0.25) is 9.59 Å². The number of imidazole rings is 1. The van der Waals surface area contributed by atoms with Crippen LogP contribution in [0, 0.1) is 0 Å². The number of nitrogens with zero attached hydrogens (tertiary/aromatic N) is 2. The Kier molecular flexibility index (Phi) is 4.90. The number of carboxylic acid groups (broad SMARTS) is 1. The summed E-state index contributed by atoms with van der Waals surface area (Å²) in [6.45, 7) is 1.34. The van der Waals surface area contributed by atoms with Crippen molar-refractivity contribution in [2.24, 2.45) is 0 Å². The monoisotopic (exact) mass is 329 g/mol. The Balaban J connectivity index is 1.61. The van der Waals surface area contributed by atoms with Crippen LogP contribution in [-0.2, 0) is 27.5 Å². The van der Waals surface area contributed by atoms with Crippen molar-refractivity contribution in [3.8, 4) is 11.3 Å². The van der Waals surface area contributed by atoms with Gasteiger partial charge >= 0.3 is 5.97 Å². The summed E-state index contributed by atoms with van der Waals surface area (Å²) < 4.78 is 7.82. The number of aliphatic carboxylic acids is 1. The number of carbonyl (C=O) groups excluding carboxylic acids is 1. The molecule has 1 amide bonds. The number of amides is 1. The van der Waals surface area contributed by atoms with E-state index in [1.807, 2.05) is 36.5 Å². The fourth-order valence-corrected chi connectivity index (χ4v) is 2.68. The Hall–Kier alpha value is -2.67. The van der Waals surface area contributed by atoms with Crippen LogP contribution in [0.15, 0.2) is 36.5 Å². The zero-order valence-corrected chi connectivity index (χ0v) is 13.1. The van der Waals surface area contributed by atoms with Crippen LogP contribution < -0.4 is 5.32 Å². The Bertz CT molecular complexity index is 727. The van der Waals surface area contributed by atoms with Gasteiger partial charge in [-0.05, 0) is 5.56 Å². The number of nitrogens with one attached hydrogen (secondary N) is 1. The van der Waals surface area contributed by atoms with Gasteiger partial charge in [0.15, 0.2) is 0 Å². The SMILES string of the molecule is O=C(O)CCC(=O)NC[C@H]1Cn2c(-c3ccccc3)cnc2CO1. The minimum atomic E-state index is -0.977. The first-order valence-electron chi connectivity index (χ1n) is 7.83. The van der Waals surface area contributed by atoms with E-state index in [1.54, 1.807) is 0 Å². The molecule has 0 radical (unpaired) electrons. The summed E-state index contributed by atoms with van der Waals surface area (Å²) in [7, 11) is 0. The molecule has 1 atom stereocenters. The number of fused-ring (bicyclic) bond motifs is 1. The van der Waals surface area contributed by atoms with E-state index in [2.05, 4.69) is 14.9 Å². The normalized spacial score (nSPS) is 16.4. The van der Waals surface area contributed by atoms with E-state index in [0.717, 1.165) is 17.1 Å². The summed E-state index contributed by atoms with van der Waals surface area (Å²) in [4.78, 5) is 26.5. The molecule has 1 aliphatic rings. The van der Waals surface area contributed by atoms with Crippen LogP contribution in [0.2, 0.25) is 0 Å². The molecule has 2 aromatic rings. The van der Waals surface area contributed by atoms with Gasteiger partial charge in [0.25, 0.3) is 0 Å². The van der Waals surface area contributed by atoms with Crippen molar-refractivity contribution in [2.75, 3.05) is 6.54 Å². The van der Waals surface area contributed by atoms with E-state index in [-0.39, 0.29) is 24.9 Å². The molecule has 1 aromatic heterocycles. The maximum absolute atomic E-state index is 11.6. The zero-order chi connectivity index (χ0) is 16.9. The molecule has 24 heavy (non-hydrogen) atoms. The van der Waals surface area contributed by atoms with Crippen LogP contribution in [-0.4, -0.2) is 39.2 Å². The van der Waals surface area contributed by atoms with Crippen molar-refractivity contribution < 1.29 is 19.4 Å². The number of hydrogen-bond donors (Lipinski definition) is 2. The molecule has 0 aliphatic carbocycles. The average molecular weight is 329 g/mol. The fraction of sp³-hybridized carbons (Fsp3) is 0.353. The Morgan fingerprint density at radius 3 is 2.83 bits per heavy atom. The molecule has 2 N–H and O–H groups in total. The number of ether oxygens (including phenoxy) is 1. The smallest absolute Gasteiger partial charge is 0.303 e. The largest absolute Gasteiger partial charge is 0.481 e. The summed E-state index contributed by atoms with van der Waals surface area (Å²) in [5, 5.41) is 11.3. The number of hydrogen-bond acceptors (Lipinski definition) is 4. The molecule has 1 aromatic carbocycles. The van der Waals surface area contributed by atoms with Gasteiger partial charge in [-0.15, -0.1) is 0 Å². The molecule has 3 rings (SSSR count). The lowest BCUT2D eigenvalue weighted by atomic mass is 10.1. The number of carbonyl (C=O) groups is 2. The van der Waals surface area contributed by atoms with Gasteiger partial charge in [-0.1, -0.05) is 30.3 Å². The van der Waals surface area contributed by atoms with E-state index in [1.165, 1.54) is 0 Å². The van der Waals surface area contributed by atoms with E-state index in [4.69, 9.17) is 9.84 Å². The van der Waals surface area contributed by atoms with Crippen LogP contribution in [0.5, 0.6) is 0 Å². The van der Waals surface area contributed by atoms with Gasteiger partial charge in [0.05, 0.1) is 31.0 Å². The molecular weight excluding hydrogens is 310 g/mol. The zero-order valence-electron chi connectivity index (χ0n) is 13.1. The van der Waals surface area contributed by atoms with Crippen LogP contribution in [0.1, 0.15) is 18.7 Å². The quantitative estimate of drug-likeness (QED) is 0.836. The highest BCUT2D eigenvalue weighted by Gasteiger charge is 2.23. The Morgan fingerprint density at radius 2 is 2.08 bits per heavy atom. The lowest BCUT2D eigenvalue weighted by Gasteiger charge is -2.26. The molecule has 0 saturated heterocycles. The minimum Gasteiger partial charge on any atom is -0.481 e. The summed E-state index contributed by atoms with van der Waals surface area (Å²) in [5.41, 5.74) is 2.11. The molecule has 126 valence electrons. The van der Waals surface area contributed by atoms with Crippen molar-refractivity contribution in [1.82, 2.24) is 14.9 Å². The Morgan fingerprint density at radius 1 is 1.29 bits per heavy atom. The molecule has 0 unspecified atom stereocenters.